The number of benzene rings is 2. The van der Waals surface area contributed by atoms with E-state index in [1.807, 2.05) is 54.7 Å². The van der Waals surface area contributed by atoms with Gasteiger partial charge in [-0.3, -0.25) is 19.3 Å². The number of aromatic nitrogens is 1. The van der Waals surface area contributed by atoms with E-state index in [9.17, 15) is 19.2 Å². The molecule has 0 radical (unpaired) electrons. The fourth-order valence-electron chi connectivity index (χ4n) is 3.79. The molecule has 0 bridgehead atoms. The second-order valence-corrected chi connectivity index (χ2v) is 7.46. The third-order valence-corrected chi connectivity index (χ3v) is 5.57. The molecule has 1 aliphatic heterocycles. The first-order chi connectivity index (χ1) is 15.4. The van der Waals surface area contributed by atoms with Gasteiger partial charge in [-0.2, -0.15) is 0 Å². The molecule has 1 aromatic heterocycles. The molecule has 4 rings (SSSR count). The van der Waals surface area contributed by atoms with Crippen LogP contribution in [0.2, 0.25) is 0 Å². The second kappa shape index (κ2) is 8.54. The molecule has 1 saturated heterocycles. The summed E-state index contributed by atoms with van der Waals surface area (Å²) in [6.07, 6.45) is 1.91. The van der Waals surface area contributed by atoms with Gasteiger partial charge in [0.05, 0.1) is 7.11 Å². The summed E-state index contributed by atoms with van der Waals surface area (Å²) in [4.78, 5) is 52.8. The van der Waals surface area contributed by atoms with Gasteiger partial charge in [0.25, 0.3) is 0 Å². The van der Waals surface area contributed by atoms with Crippen molar-refractivity contribution < 1.29 is 23.9 Å². The SMILES string of the molecule is COc1ccc([C@H](CNC(=O)CN2C(=O)C(=O)N(C)C2=O)c2c[nH]c3ccccc23)cc1. The topological polar surface area (TPSA) is 112 Å². The van der Waals surface area contributed by atoms with Gasteiger partial charge >= 0.3 is 17.8 Å². The number of nitrogens with one attached hydrogen (secondary N) is 2. The Morgan fingerprint density at radius 3 is 2.44 bits per heavy atom. The fraction of sp³-hybridized carbons (Fsp3) is 0.217. The quantitative estimate of drug-likeness (QED) is 0.435. The van der Waals surface area contributed by atoms with Crippen molar-refractivity contribution in [3.63, 3.8) is 0 Å². The molecule has 0 aliphatic carbocycles. The number of H-pyrrole nitrogens is 1. The third kappa shape index (κ3) is 3.80. The molecule has 2 N–H and O–H groups in total. The Labute approximate surface area is 183 Å². The minimum atomic E-state index is -1.00. The maximum absolute atomic E-state index is 12.6. The molecule has 0 spiro atoms. The second-order valence-electron chi connectivity index (χ2n) is 7.46. The average molecular weight is 434 g/mol. The minimum Gasteiger partial charge on any atom is -0.497 e. The smallest absolute Gasteiger partial charge is 0.334 e. The Morgan fingerprint density at radius 2 is 1.78 bits per heavy atom. The number of amides is 5. The van der Waals surface area contributed by atoms with Crippen LogP contribution in [0.15, 0.2) is 54.7 Å². The van der Waals surface area contributed by atoms with Crippen molar-refractivity contribution in [2.75, 3.05) is 27.2 Å². The summed E-state index contributed by atoms with van der Waals surface area (Å²) in [7, 11) is 2.80. The van der Waals surface area contributed by atoms with E-state index < -0.39 is 30.3 Å². The van der Waals surface area contributed by atoms with E-state index in [1.165, 1.54) is 7.05 Å². The number of rotatable bonds is 7. The molecule has 0 unspecified atom stereocenters. The molecule has 0 saturated carbocycles. The number of aromatic amines is 1. The monoisotopic (exact) mass is 434 g/mol. The van der Waals surface area contributed by atoms with Crippen molar-refractivity contribution in [2.45, 2.75) is 5.92 Å². The lowest BCUT2D eigenvalue weighted by molar-refractivity contribution is -0.143. The van der Waals surface area contributed by atoms with Crippen molar-refractivity contribution in [3.8, 4) is 5.75 Å². The molecule has 164 valence electrons. The first kappa shape index (κ1) is 21.1. The number of fused-ring (bicyclic) bond motifs is 1. The van der Waals surface area contributed by atoms with Crippen LogP contribution in [0.4, 0.5) is 4.79 Å². The first-order valence-electron chi connectivity index (χ1n) is 10.0. The molecule has 3 aromatic rings. The van der Waals surface area contributed by atoms with Crippen LogP contribution < -0.4 is 10.1 Å². The number of ether oxygens (including phenoxy) is 1. The van der Waals surface area contributed by atoms with E-state index in [2.05, 4.69) is 10.3 Å². The maximum Gasteiger partial charge on any atom is 0.334 e. The van der Waals surface area contributed by atoms with Crippen LogP contribution in [-0.4, -0.2) is 65.8 Å². The van der Waals surface area contributed by atoms with Crippen molar-refractivity contribution in [2.24, 2.45) is 0 Å². The number of imide groups is 2. The highest BCUT2D eigenvalue weighted by atomic mass is 16.5. The van der Waals surface area contributed by atoms with Crippen molar-refractivity contribution in [1.82, 2.24) is 20.1 Å². The standard InChI is InChI=1S/C23H22N4O5/c1-26-21(29)22(30)27(23(26)31)13-20(28)25-11-17(14-7-9-15(32-2)10-8-14)18-12-24-19-6-4-3-5-16(18)19/h3-10,12,17,24H,11,13H2,1-2H3,(H,25,28)/t17-/m0/s1. The molecule has 1 atom stereocenters. The summed E-state index contributed by atoms with van der Waals surface area (Å²) in [5, 5.41) is 3.83. The van der Waals surface area contributed by atoms with Crippen molar-refractivity contribution in [1.29, 1.82) is 0 Å². The molecule has 2 aromatic carbocycles. The molecule has 1 fully saturated rings. The van der Waals surface area contributed by atoms with Crippen molar-refractivity contribution in [3.05, 3.63) is 65.9 Å². The summed E-state index contributed by atoms with van der Waals surface area (Å²) >= 11 is 0. The zero-order valence-electron chi connectivity index (χ0n) is 17.6. The average Bonchev–Trinajstić information content (AvgIpc) is 3.31. The number of hydrogen-bond donors (Lipinski definition) is 2. The molecular formula is C23H22N4O5. The van der Waals surface area contributed by atoms with Crippen LogP contribution in [0, 0.1) is 0 Å². The summed E-state index contributed by atoms with van der Waals surface area (Å²) < 4.78 is 5.24. The van der Waals surface area contributed by atoms with Gasteiger partial charge in [0.2, 0.25) is 5.91 Å². The van der Waals surface area contributed by atoms with Gasteiger partial charge in [-0.1, -0.05) is 30.3 Å². The lowest BCUT2D eigenvalue weighted by Crippen LogP contribution is -2.42. The van der Waals surface area contributed by atoms with E-state index in [1.54, 1.807) is 7.11 Å². The number of urea groups is 1. The van der Waals surface area contributed by atoms with Gasteiger partial charge in [-0.15, -0.1) is 0 Å². The van der Waals surface area contributed by atoms with E-state index in [0.717, 1.165) is 27.8 Å². The summed E-state index contributed by atoms with van der Waals surface area (Å²) in [6.45, 7) is -0.288. The summed E-state index contributed by atoms with van der Waals surface area (Å²) in [5.74, 6) is -1.97. The van der Waals surface area contributed by atoms with Gasteiger partial charge in [-0.05, 0) is 29.3 Å². The van der Waals surface area contributed by atoms with Gasteiger partial charge in [-0.25, -0.2) is 9.69 Å². The number of hydrogen-bond acceptors (Lipinski definition) is 5. The van der Waals surface area contributed by atoms with E-state index in [-0.39, 0.29) is 12.5 Å². The Hall–Kier alpha value is -4.14. The Bertz CT molecular complexity index is 1200. The van der Waals surface area contributed by atoms with Crippen LogP contribution >= 0.6 is 0 Å². The van der Waals surface area contributed by atoms with E-state index in [4.69, 9.17) is 4.74 Å². The third-order valence-electron chi connectivity index (χ3n) is 5.57. The maximum atomic E-state index is 12.6. The minimum absolute atomic E-state index is 0.199. The molecule has 32 heavy (non-hydrogen) atoms. The van der Waals surface area contributed by atoms with E-state index >= 15 is 0 Å². The molecule has 1 aliphatic rings. The molecular weight excluding hydrogens is 412 g/mol. The Balaban J connectivity index is 1.56. The fourth-order valence-corrected chi connectivity index (χ4v) is 3.79. The summed E-state index contributed by atoms with van der Waals surface area (Å²) in [5.41, 5.74) is 2.93. The first-order valence-corrected chi connectivity index (χ1v) is 10.0. The Morgan fingerprint density at radius 1 is 1.06 bits per heavy atom. The molecule has 9 nitrogen and oxygen atoms in total. The van der Waals surface area contributed by atoms with Gasteiger partial charge in [0.15, 0.2) is 0 Å². The number of para-hydroxylation sites is 1. The normalized spacial score (nSPS) is 14.9. The lowest BCUT2D eigenvalue weighted by Gasteiger charge is -2.19. The van der Waals surface area contributed by atoms with Gasteiger partial charge < -0.3 is 15.0 Å². The van der Waals surface area contributed by atoms with Crippen LogP contribution in [0.1, 0.15) is 17.0 Å². The van der Waals surface area contributed by atoms with Crippen molar-refractivity contribution >= 4 is 34.7 Å². The lowest BCUT2D eigenvalue weighted by atomic mass is 9.90. The van der Waals surface area contributed by atoms with Crippen LogP contribution in [-0.2, 0) is 14.4 Å². The van der Waals surface area contributed by atoms with Gasteiger partial charge in [0, 0.05) is 36.6 Å². The number of methoxy groups -OCH3 is 1. The number of nitrogens with zero attached hydrogens (tertiary/aromatic N) is 2. The zero-order chi connectivity index (χ0) is 22.8. The predicted octanol–water partition coefficient (Wildman–Crippen LogP) is 1.85. The number of carbonyl (C=O) groups is 4. The summed E-state index contributed by atoms with van der Waals surface area (Å²) in [6, 6.07) is 14.6. The number of likely N-dealkylation sites (N-methyl/N-ethyl adjacent to an activating group) is 1. The predicted molar refractivity (Wildman–Crippen MR) is 116 cm³/mol. The molecule has 9 heteroatoms. The number of carbonyl (C=O) groups excluding carboxylic acids is 4. The van der Waals surface area contributed by atoms with Crippen LogP contribution in [0.5, 0.6) is 5.75 Å². The molecule has 2 heterocycles. The molecule has 5 amide bonds. The largest absolute Gasteiger partial charge is 0.497 e. The zero-order valence-corrected chi connectivity index (χ0v) is 17.6. The van der Waals surface area contributed by atoms with E-state index in [0.29, 0.717) is 9.80 Å². The van der Waals surface area contributed by atoms with Gasteiger partial charge in [0.1, 0.15) is 12.3 Å². The van der Waals surface area contributed by atoms with Crippen LogP contribution in [0.3, 0.4) is 0 Å². The highest BCUT2D eigenvalue weighted by Crippen LogP contribution is 2.31. The Kier molecular flexibility index (Phi) is 5.63. The highest BCUT2D eigenvalue weighted by molar-refractivity contribution is 6.44. The van der Waals surface area contributed by atoms with Crippen LogP contribution in [0.25, 0.3) is 10.9 Å². The highest BCUT2D eigenvalue weighted by Gasteiger charge is 2.43.